The zero-order chi connectivity index (χ0) is 23.9. The molecule has 3 unspecified atom stereocenters. The van der Waals surface area contributed by atoms with Crippen LogP contribution in [0, 0.1) is 0 Å². The second-order valence-electron chi connectivity index (χ2n) is 8.36. The summed E-state index contributed by atoms with van der Waals surface area (Å²) < 4.78 is 17.0. The van der Waals surface area contributed by atoms with E-state index in [4.69, 9.17) is 14.2 Å². The lowest BCUT2D eigenvalue weighted by atomic mass is 10.1. The molecule has 0 radical (unpaired) electrons. The number of hydrogen-bond acceptors (Lipinski definition) is 7. The number of hydrogen-bond donors (Lipinski definition) is 1. The Balaban J connectivity index is 1.17. The molecule has 0 aliphatic carbocycles. The molecule has 2 aromatic rings. The lowest BCUT2D eigenvalue weighted by molar-refractivity contribution is -0.118. The third kappa shape index (κ3) is 6.51. The Hall–Kier alpha value is -3.04. The molecule has 34 heavy (non-hydrogen) atoms. The van der Waals surface area contributed by atoms with Gasteiger partial charge in [0, 0.05) is 0 Å². The van der Waals surface area contributed by atoms with E-state index in [1.165, 1.54) is 5.56 Å². The molecule has 3 atom stereocenters. The summed E-state index contributed by atoms with van der Waals surface area (Å²) in [6, 6.07) is 17.4. The molecule has 0 spiro atoms. The number of ether oxygens (including phenoxy) is 3. The van der Waals surface area contributed by atoms with E-state index < -0.39 is 5.25 Å². The van der Waals surface area contributed by atoms with E-state index in [-0.39, 0.29) is 29.4 Å². The molecule has 2 saturated heterocycles. The highest BCUT2D eigenvalue weighted by atomic mass is 32.2. The van der Waals surface area contributed by atoms with Crippen molar-refractivity contribution in [2.24, 2.45) is 0 Å². The summed E-state index contributed by atoms with van der Waals surface area (Å²) in [6.45, 7) is 3.65. The van der Waals surface area contributed by atoms with E-state index in [2.05, 4.69) is 17.4 Å². The van der Waals surface area contributed by atoms with Crippen LogP contribution in [0.25, 0.3) is 0 Å². The van der Waals surface area contributed by atoms with Crippen molar-refractivity contribution in [3.8, 4) is 5.75 Å². The monoisotopic (exact) mass is 484 g/mol. The number of carbonyl (C=O) groups is 3. The van der Waals surface area contributed by atoms with E-state index >= 15 is 0 Å². The molecule has 2 fully saturated rings. The van der Waals surface area contributed by atoms with Crippen LogP contribution >= 0.6 is 11.8 Å². The van der Waals surface area contributed by atoms with Gasteiger partial charge in [0.05, 0.1) is 31.1 Å². The fraction of sp³-hybridized carbons (Fsp3) is 0.400. The first-order chi connectivity index (χ1) is 16.5. The SMILES string of the molecule is CC(COc1ccc(CC2SC(=O)NC2=O)cc1)N1CC(COCCc2ccccc2)OC1=O. The van der Waals surface area contributed by atoms with Crippen molar-refractivity contribution in [1.82, 2.24) is 10.2 Å². The Morgan fingerprint density at radius 1 is 1.09 bits per heavy atom. The van der Waals surface area contributed by atoms with Gasteiger partial charge in [0.1, 0.15) is 18.5 Å². The molecule has 2 aliphatic heterocycles. The Morgan fingerprint density at radius 2 is 1.85 bits per heavy atom. The molecule has 3 amide bonds. The average molecular weight is 485 g/mol. The molecule has 2 aliphatic rings. The third-order valence-electron chi connectivity index (χ3n) is 5.72. The summed E-state index contributed by atoms with van der Waals surface area (Å²) in [5, 5.41) is 1.60. The minimum absolute atomic E-state index is 0.161. The van der Waals surface area contributed by atoms with Gasteiger partial charge in [-0.3, -0.25) is 19.8 Å². The van der Waals surface area contributed by atoms with Crippen LogP contribution in [0.15, 0.2) is 54.6 Å². The van der Waals surface area contributed by atoms with Crippen LogP contribution in [0.4, 0.5) is 9.59 Å². The average Bonchev–Trinajstić information content (AvgIpc) is 3.37. The number of thioether (sulfide) groups is 1. The maximum Gasteiger partial charge on any atom is 0.410 e. The Bertz CT molecular complexity index is 1000. The highest BCUT2D eigenvalue weighted by Gasteiger charge is 2.35. The summed E-state index contributed by atoms with van der Waals surface area (Å²) in [5.41, 5.74) is 2.16. The van der Waals surface area contributed by atoms with Gasteiger partial charge in [-0.1, -0.05) is 54.2 Å². The molecule has 4 rings (SSSR count). The van der Waals surface area contributed by atoms with Crippen LogP contribution in [-0.2, 0) is 27.1 Å². The van der Waals surface area contributed by atoms with Crippen molar-refractivity contribution in [3.63, 3.8) is 0 Å². The molecule has 180 valence electrons. The van der Waals surface area contributed by atoms with Gasteiger partial charge < -0.3 is 14.2 Å². The number of imide groups is 1. The highest BCUT2D eigenvalue weighted by molar-refractivity contribution is 8.15. The molecule has 0 aromatic heterocycles. The first-order valence-electron chi connectivity index (χ1n) is 11.3. The summed E-state index contributed by atoms with van der Waals surface area (Å²) in [7, 11) is 0. The van der Waals surface area contributed by atoms with Gasteiger partial charge in [-0.2, -0.15) is 0 Å². The Kier molecular flexibility index (Phi) is 8.08. The summed E-state index contributed by atoms with van der Waals surface area (Å²) in [5.74, 6) is 0.421. The molecule has 2 aromatic carbocycles. The minimum Gasteiger partial charge on any atom is -0.491 e. The van der Waals surface area contributed by atoms with Gasteiger partial charge in [-0.15, -0.1) is 0 Å². The Morgan fingerprint density at radius 3 is 2.56 bits per heavy atom. The zero-order valence-corrected chi connectivity index (χ0v) is 19.8. The van der Waals surface area contributed by atoms with Crippen LogP contribution < -0.4 is 10.1 Å². The highest BCUT2D eigenvalue weighted by Crippen LogP contribution is 2.24. The van der Waals surface area contributed by atoms with Crippen LogP contribution in [0.5, 0.6) is 5.75 Å². The van der Waals surface area contributed by atoms with Gasteiger partial charge in [0.2, 0.25) is 5.91 Å². The van der Waals surface area contributed by atoms with Gasteiger partial charge >= 0.3 is 6.09 Å². The maximum absolute atomic E-state index is 12.3. The molecular weight excluding hydrogens is 456 g/mol. The van der Waals surface area contributed by atoms with Crippen molar-refractivity contribution in [1.29, 1.82) is 0 Å². The van der Waals surface area contributed by atoms with E-state index in [0.717, 1.165) is 23.7 Å². The number of nitrogens with zero attached hydrogens (tertiary/aromatic N) is 1. The summed E-state index contributed by atoms with van der Waals surface area (Å²) in [6.07, 6.45) is 0.652. The first kappa shape index (κ1) is 24.1. The molecule has 9 heteroatoms. The number of carbonyl (C=O) groups excluding carboxylic acids is 3. The Labute approximate surface area is 202 Å². The normalized spacial score (nSPS) is 20.9. The van der Waals surface area contributed by atoms with Crippen LogP contribution in [0.1, 0.15) is 18.1 Å². The number of amides is 3. The number of nitrogens with one attached hydrogen (secondary N) is 1. The summed E-state index contributed by atoms with van der Waals surface area (Å²) >= 11 is 1.02. The number of benzene rings is 2. The topological polar surface area (TPSA) is 94.2 Å². The molecule has 1 N–H and O–H groups in total. The van der Waals surface area contributed by atoms with Crippen LogP contribution in [-0.4, -0.2) is 65.9 Å². The molecule has 8 nitrogen and oxygen atoms in total. The van der Waals surface area contributed by atoms with Crippen molar-refractivity contribution in [2.45, 2.75) is 37.2 Å². The molecule has 0 saturated carbocycles. The van der Waals surface area contributed by atoms with Gasteiger partial charge in [-0.25, -0.2) is 4.79 Å². The summed E-state index contributed by atoms with van der Waals surface area (Å²) in [4.78, 5) is 37.0. The number of rotatable bonds is 11. The maximum atomic E-state index is 12.3. The third-order valence-corrected chi connectivity index (χ3v) is 6.70. The van der Waals surface area contributed by atoms with E-state index in [0.29, 0.717) is 38.5 Å². The number of cyclic esters (lactones) is 1. The quantitative estimate of drug-likeness (QED) is 0.489. The lowest BCUT2D eigenvalue weighted by Gasteiger charge is -2.22. The predicted octanol–water partition coefficient (Wildman–Crippen LogP) is 3.43. The van der Waals surface area contributed by atoms with Crippen molar-refractivity contribution in [2.75, 3.05) is 26.4 Å². The largest absolute Gasteiger partial charge is 0.491 e. The lowest BCUT2D eigenvalue weighted by Crippen LogP contribution is -2.38. The van der Waals surface area contributed by atoms with E-state index in [1.54, 1.807) is 4.90 Å². The second-order valence-corrected chi connectivity index (χ2v) is 9.54. The van der Waals surface area contributed by atoms with Crippen molar-refractivity contribution in [3.05, 3.63) is 65.7 Å². The van der Waals surface area contributed by atoms with Crippen LogP contribution in [0.3, 0.4) is 0 Å². The van der Waals surface area contributed by atoms with Crippen molar-refractivity contribution >= 4 is 29.0 Å². The molecular formula is C25H28N2O6S. The van der Waals surface area contributed by atoms with E-state index in [1.807, 2.05) is 49.4 Å². The first-order valence-corrected chi connectivity index (χ1v) is 12.2. The zero-order valence-electron chi connectivity index (χ0n) is 19.0. The predicted molar refractivity (Wildman–Crippen MR) is 128 cm³/mol. The van der Waals surface area contributed by atoms with Gasteiger partial charge in [-0.05, 0) is 43.0 Å². The van der Waals surface area contributed by atoms with E-state index in [9.17, 15) is 14.4 Å². The van der Waals surface area contributed by atoms with Gasteiger partial charge in [0.25, 0.3) is 5.24 Å². The van der Waals surface area contributed by atoms with Crippen molar-refractivity contribution < 1.29 is 28.6 Å². The minimum atomic E-state index is -0.393. The van der Waals surface area contributed by atoms with Crippen LogP contribution in [0.2, 0.25) is 0 Å². The fourth-order valence-electron chi connectivity index (χ4n) is 3.81. The second kappa shape index (κ2) is 11.4. The molecule has 2 heterocycles. The van der Waals surface area contributed by atoms with Gasteiger partial charge in [0.15, 0.2) is 0 Å². The molecule has 0 bridgehead atoms. The standard InChI is InChI=1S/C25H28N2O6S/c1-17(15-32-20-9-7-19(8-10-20)13-22-23(28)26-24(29)34-22)27-14-21(33-25(27)30)16-31-12-11-18-5-3-2-4-6-18/h2-10,17,21-22H,11-16H2,1H3,(H,26,28,29). The fourth-order valence-corrected chi connectivity index (χ4v) is 4.67. The smallest absolute Gasteiger partial charge is 0.410 e.